The Bertz CT molecular complexity index is 374. The Morgan fingerprint density at radius 1 is 1.35 bits per heavy atom. The smallest absolute Gasteiger partial charge is 0.0710 e. The summed E-state index contributed by atoms with van der Waals surface area (Å²) >= 11 is 0. The average molecular weight is 233 g/mol. The van der Waals surface area contributed by atoms with Crippen molar-refractivity contribution in [3.63, 3.8) is 0 Å². The largest absolute Gasteiger partial charge is 0.389 e. The van der Waals surface area contributed by atoms with E-state index in [4.69, 9.17) is 0 Å². The van der Waals surface area contributed by atoms with Crippen LogP contribution >= 0.6 is 0 Å². The third-order valence-corrected chi connectivity index (χ3v) is 3.67. The van der Waals surface area contributed by atoms with Crippen LogP contribution in [0.5, 0.6) is 0 Å². The number of hydrogen-bond acceptors (Lipinski definition) is 2. The van der Waals surface area contributed by atoms with E-state index in [0.29, 0.717) is 12.3 Å². The second-order valence-corrected chi connectivity index (χ2v) is 6.58. The monoisotopic (exact) mass is 233 g/mol. The molecule has 1 N–H and O–H groups in total. The molecule has 1 aromatic rings. The lowest BCUT2D eigenvalue weighted by molar-refractivity contribution is -0.0580. The van der Waals surface area contributed by atoms with Gasteiger partial charge in [0.15, 0.2) is 0 Å². The van der Waals surface area contributed by atoms with E-state index < -0.39 is 5.60 Å². The zero-order valence-corrected chi connectivity index (χ0v) is 11.1. The van der Waals surface area contributed by atoms with Gasteiger partial charge in [-0.05, 0) is 42.7 Å². The highest BCUT2D eigenvalue weighted by Gasteiger charge is 2.41. The predicted molar refractivity (Wildman–Crippen MR) is 69.7 cm³/mol. The first-order chi connectivity index (χ1) is 7.89. The lowest BCUT2D eigenvalue weighted by Gasteiger charge is -2.44. The molecule has 2 unspecified atom stereocenters. The lowest BCUT2D eigenvalue weighted by Crippen LogP contribution is -2.43. The zero-order valence-electron chi connectivity index (χ0n) is 11.1. The Balaban J connectivity index is 2.13. The fraction of sp³-hybridized carbons (Fsp3) is 0.667. The summed E-state index contributed by atoms with van der Waals surface area (Å²) in [6, 6.07) is 5.91. The van der Waals surface area contributed by atoms with E-state index in [-0.39, 0.29) is 5.41 Å². The molecule has 0 bridgehead atoms. The van der Waals surface area contributed by atoms with Crippen LogP contribution in [0.15, 0.2) is 24.4 Å². The predicted octanol–water partition coefficient (Wildman–Crippen LogP) is 3.20. The van der Waals surface area contributed by atoms with Crippen LogP contribution in [0, 0.1) is 11.3 Å². The Morgan fingerprint density at radius 3 is 2.71 bits per heavy atom. The van der Waals surface area contributed by atoms with Crippen LogP contribution in [0.4, 0.5) is 0 Å². The maximum Gasteiger partial charge on any atom is 0.0710 e. The molecule has 2 nitrogen and oxygen atoms in total. The van der Waals surface area contributed by atoms with Gasteiger partial charge in [0.2, 0.25) is 0 Å². The fourth-order valence-corrected chi connectivity index (χ4v) is 3.67. The molecule has 94 valence electrons. The number of hydrogen-bond donors (Lipinski definition) is 1. The molecule has 1 aromatic heterocycles. The van der Waals surface area contributed by atoms with Gasteiger partial charge in [-0.2, -0.15) is 0 Å². The van der Waals surface area contributed by atoms with Crippen molar-refractivity contribution in [2.75, 3.05) is 0 Å². The molecule has 17 heavy (non-hydrogen) atoms. The van der Waals surface area contributed by atoms with E-state index in [0.717, 1.165) is 18.5 Å². The molecule has 1 saturated carbocycles. The van der Waals surface area contributed by atoms with Crippen molar-refractivity contribution < 1.29 is 5.11 Å². The summed E-state index contributed by atoms with van der Waals surface area (Å²) in [7, 11) is 0. The van der Waals surface area contributed by atoms with Crippen LogP contribution in [-0.2, 0) is 6.42 Å². The van der Waals surface area contributed by atoms with Crippen LogP contribution < -0.4 is 0 Å². The van der Waals surface area contributed by atoms with E-state index in [1.807, 2.05) is 18.2 Å². The van der Waals surface area contributed by atoms with E-state index in [9.17, 15) is 5.11 Å². The van der Waals surface area contributed by atoms with Crippen molar-refractivity contribution in [3.8, 4) is 0 Å². The molecular formula is C15H23NO. The molecule has 0 aliphatic heterocycles. The minimum absolute atomic E-state index is 0.237. The van der Waals surface area contributed by atoms with Crippen molar-refractivity contribution >= 4 is 0 Å². The molecule has 1 heterocycles. The van der Waals surface area contributed by atoms with E-state index in [2.05, 4.69) is 25.8 Å². The first-order valence-electron chi connectivity index (χ1n) is 6.51. The quantitative estimate of drug-likeness (QED) is 0.851. The second-order valence-electron chi connectivity index (χ2n) is 6.58. The molecule has 2 rings (SSSR count). The third kappa shape index (κ3) is 3.29. The Hall–Kier alpha value is -0.890. The highest BCUT2D eigenvalue weighted by Crippen LogP contribution is 2.44. The summed E-state index contributed by atoms with van der Waals surface area (Å²) in [6.45, 7) is 6.75. The second kappa shape index (κ2) is 4.41. The normalized spacial score (nSPS) is 32.4. The van der Waals surface area contributed by atoms with Crippen molar-refractivity contribution in [2.45, 2.75) is 52.1 Å². The molecule has 0 saturated heterocycles. The highest BCUT2D eigenvalue weighted by atomic mass is 16.3. The van der Waals surface area contributed by atoms with Gasteiger partial charge < -0.3 is 5.11 Å². The summed E-state index contributed by atoms with van der Waals surface area (Å²) in [5.74, 6) is 0.590. The number of rotatable bonds is 2. The van der Waals surface area contributed by atoms with Gasteiger partial charge in [0, 0.05) is 18.3 Å². The van der Waals surface area contributed by atoms with Gasteiger partial charge in [-0.3, -0.25) is 4.98 Å². The zero-order chi connectivity index (χ0) is 12.5. The topological polar surface area (TPSA) is 33.1 Å². The van der Waals surface area contributed by atoms with Crippen LogP contribution in [0.2, 0.25) is 0 Å². The summed E-state index contributed by atoms with van der Waals surface area (Å²) < 4.78 is 0. The molecule has 0 radical (unpaired) electrons. The van der Waals surface area contributed by atoms with Gasteiger partial charge >= 0.3 is 0 Å². The van der Waals surface area contributed by atoms with Crippen molar-refractivity contribution in [1.29, 1.82) is 0 Å². The van der Waals surface area contributed by atoms with Crippen LogP contribution in [0.25, 0.3) is 0 Å². The Morgan fingerprint density at radius 2 is 2.12 bits per heavy atom. The van der Waals surface area contributed by atoms with Crippen molar-refractivity contribution in [2.24, 2.45) is 11.3 Å². The van der Waals surface area contributed by atoms with Crippen LogP contribution in [0.3, 0.4) is 0 Å². The maximum atomic E-state index is 10.8. The molecule has 0 amide bonds. The third-order valence-electron chi connectivity index (χ3n) is 3.67. The standard InChI is InChI=1S/C15H23NO/c1-12-8-14(2,3)11-15(17,9-12)10-13-6-4-5-7-16-13/h4-7,12,17H,8-11H2,1-3H3. The number of nitrogens with zero attached hydrogens (tertiary/aromatic N) is 1. The van der Waals surface area contributed by atoms with Gasteiger partial charge in [0.25, 0.3) is 0 Å². The summed E-state index contributed by atoms with van der Waals surface area (Å²) in [5.41, 5.74) is 0.663. The van der Waals surface area contributed by atoms with Gasteiger partial charge in [0.05, 0.1) is 5.60 Å². The van der Waals surface area contributed by atoms with Crippen molar-refractivity contribution in [1.82, 2.24) is 4.98 Å². The minimum atomic E-state index is -0.574. The molecule has 0 aromatic carbocycles. The van der Waals surface area contributed by atoms with Crippen LogP contribution in [-0.4, -0.2) is 15.7 Å². The number of aliphatic hydroxyl groups is 1. The summed E-state index contributed by atoms with van der Waals surface area (Å²) in [6.07, 6.45) is 5.46. The van der Waals surface area contributed by atoms with Gasteiger partial charge in [-0.15, -0.1) is 0 Å². The first kappa shape index (κ1) is 12.6. The molecule has 1 aliphatic carbocycles. The lowest BCUT2D eigenvalue weighted by atomic mass is 9.64. The summed E-state index contributed by atoms with van der Waals surface area (Å²) in [5, 5.41) is 10.8. The van der Waals surface area contributed by atoms with Gasteiger partial charge in [0.1, 0.15) is 0 Å². The van der Waals surface area contributed by atoms with E-state index >= 15 is 0 Å². The molecular weight excluding hydrogens is 210 g/mol. The Labute approximate surface area is 104 Å². The molecule has 2 heteroatoms. The van der Waals surface area contributed by atoms with Gasteiger partial charge in [-0.1, -0.05) is 26.8 Å². The highest BCUT2D eigenvalue weighted by molar-refractivity contribution is 5.09. The van der Waals surface area contributed by atoms with E-state index in [1.165, 1.54) is 6.42 Å². The summed E-state index contributed by atoms with van der Waals surface area (Å²) in [4.78, 5) is 4.33. The van der Waals surface area contributed by atoms with Gasteiger partial charge in [-0.25, -0.2) is 0 Å². The minimum Gasteiger partial charge on any atom is -0.389 e. The maximum absolute atomic E-state index is 10.8. The van der Waals surface area contributed by atoms with E-state index in [1.54, 1.807) is 6.20 Å². The SMILES string of the molecule is CC1CC(C)(C)CC(O)(Cc2ccccn2)C1. The number of aromatic nitrogens is 1. The first-order valence-corrected chi connectivity index (χ1v) is 6.51. The average Bonchev–Trinajstić information content (AvgIpc) is 2.13. The fourth-order valence-electron chi connectivity index (χ4n) is 3.67. The number of pyridine rings is 1. The molecule has 1 fully saturated rings. The molecule has 1 aliphatic rings. The van der Waals surface area contributed by atoms with Crippen LogP contribution in [0.1, 0.15) is 45.7 Å². The van der Waals surface area contributed by atoms with Crippen molar-refractivity contribution in [3.05, 3.63) is 30.1 Å². The molecule has 2 atom stereocenters. The Kier molecular flexibility index (Phi) is 3.26. The molecule has 0 spiro atoms.